The van der Waals surface area contributed by atoms with Crippen LogP contribution in [0.4, 0.5) is 0 Å². The van der Waals surface area contributed by atoms with Crippen LogP contribution in [0.15, 0.2) is 30.6 Å². The Labute approximate surface area is 138 Å². The Balaban J connectivity index is 1.94. The summed E-state index contributed by atoms with van der Waals surface area (Å²) in [4.78, 5) is 8.51. The molecule has 1 unspecified atom stereocenters. The fraction of sp³-hybridized carbons (Fsp3) is 0.529. The quantitative estimate of drug-likeness (QED) is 0.609. The van der Waals surface area contributed by atoms with Crippen molar-refractivity contribution in [3.63, 3.8) is 0 Å². The van der Waals surface area contributed by atoms with Crippen LogP contribution in [-0.2, 0) is 0 Å². The molecule has 1 aromatic carbocycles. The van der Waals surface area contributed by atoms with Gasteiger partial charge in [0, 0.05) is 6.04 Å². The van der Waals surface area contributed by atoms with Crippen LogP contribution in [0.5, 0.6) is 5.88 Å². The molecule has 0 saturated heterocycles. The predicted molar refractivity (Wildman–Crippen MR) is 93.6 cm³/mol. The van der Waals surface area contributed by atoms with E-state index >= 15 is 0 Å². The Morgan fingerprint density at radius 1 is 1.13 bits per heavy atom. The van der Waals surface area contributed by atoms with Crippen molar-refractivity contribution in [3.8, 4) is 5.88 Å². The lowest BCUT2D eigenvalue weighted by molar-refractivity contribution is 0.230. The molecule has 2 aromatic rings. The van der Waals surface area contributed by atoms with Crippen molar-refractivity contribution in [2.45, 2.75) is 31.5 Å². The Kier molecular flexibility index (Phi) is 6.27. The first-order chi connectivity index (χ1) is 11.1. The number of rotatable bonds is 9. The monoisotopic (exact) mass is 317 g/mol. The molecule has 0 spiro atoms. The summed E-state index contributed by atoms with van der Waals surface area (Å²) in [5, 5.41) is 10.9. The summed E-state index contributed by atoms with van der Waals surface area (Å²) in [5.41, 5.74) is 0.801. The van der Waals surface area contributed by atoms with E-state index in [9.17, 15) is 0 Å². The van der Waals surface area contributed by atoms with Gasteiger partial charge in [-0.15, -0.1) is 0 Å². The van der Waals surface area contributed by atoms with E-state index in [1.54, 1.807) is 6.33 Å². The third-order valence-corrected chi connectivity index (χ3v) is 4.38. The van der Waals surface area contributed by atoms with E-state index in [0.717, 1.165) is 23.7 Å². The highest BCUT2D eigenvalue weighted by molar-refractivity contribution is 5.82. The second kappa shape index (κ2) is 8.19. The number of para-hydroxylation sites is 1. The van der Waals surface area contributed by atoms with E-state index in [1.165, 1.54) is 0 Å². The lowest BCUT2D eigenvalue weighted by Gasteiger charge is -2.33. The van der Waals surface area contributed by atoms with Gasteiger partial charge in [-0.3, -0.25) is 0 Å². The predicted octanol–water partition coefficient (Wildman–Crippen LogP) is 1.53. The summed E-state index contributed by atoms with van der Waals surface area (Å²) < 4.78 is 5.90. The number of ether oxygens (including phenoxy) is 1. The van der Waals surface area contributed by atoms with Crippen LogP contribution in [0.2, 0.25) is 0 Å². The normalized spacial score (nSPS) is 13.2. The van der Waals surface area contributed by atoms with Gasteiger partial charge < -0.3 is 20.7 Å². The van der Waals surface area contributed by atoms with E-state index in [4.69, 9.17) is 4.74 Å². The number of hydrogen-bond acceptors (Lipinski definition) is 6. The van der Waals surface area contributed by atoms with Gasteiger partial charge in [0.15, 0.2) is 0 Å². The van der Waals surface area contributed by atoms with Crippen molar-refractivity contribution in [3.05, 3.63) is 30.6 Å². The molecule has 0 radical (unpaired) electrons. The van der Waals surface area contributed by atoms with Crippen LogP contribution in [-0.4, -0.2) is 49.4 Å². The maximum atomic E-state index is 5.90. The minimum absolute atomic E-state index is 0.102. The number of aromatic nitrogens is 2. The number of nitrogens with one attached hydrogen (secondary N) is 3. The summed E-state index contributed by atoms with van der Waals surface area (Å²) in [7, 11) is 5.91. The number of benzene rings is 1. The van der Waals surface area contributed by atoms with Crippen LogP contribution in [0.1, 0.15) is 19.8 Å². The second-order valence-electron chi connectivity index (χ2n) is 5.85. The summed E-state index contributed by atoms with van der Waals surface area (Å²) in [6.07, 6.45) is 3.39. The molecule has 1 heterocycles. The van der Waals surface area contributed by atoms with Gasteiger partial charge in [0.2, 0.25) is 5.88 Å². The molecule has 1 atom stereocenters. The van der Waals surface area contributed by atoms with Crippen LogP contribution in [0.25, 0.3) is 10.9 Å². The van der Waals surface area contributed by atoms with E-state index in [1.807, 2.05) is 45.4 Å². The van der Waals surface area contributed by atoms with Gasteiger partial charge in [0.1, 0.15) is 6.33 Å². The van der Waals surface area contributed by atoms with Crippen molar-refractivity contribution >= 4 is 10.9 Å². The van der Waals surface area contributed by atoms with Crippen molar-refractivity contribution in [1.29, 1.82) is 0 Å². The molecule has 0 fully saturated rings. The maximum Gasteiger partial charge on any atom is 0.224 e. The zero-order valence-corrected chi connectivity index (χ0v) is 14.4. The Bertz CT molecular complexity index is 609. The molecule has 23 heavy (non-hydrogen) atoms. The molecule has 0 bridgehead atoms. The molecule has 1 aromatic heterocycles. The topological polar surface area (TPSA) is 71.1 Å². The first-order valence-electron chi connectivity index (χ1n) is 7.99. The van der Waals surface area contributed by atoms with Crippen molar-refractivity contribution in [1.82, 2.24) is 25.9 Å². The lowest BCUT2D eigenvalue weighted by atomic mass is 10.00. The minimum Gasteiger partial charge on any atom is -0.477 e. The maximum absolute atomic E-state index is 5.90. The van der Waals surface area contributed by atoms with E-state index < -0.39 is 0 Å². The molecular weight excluding hydrogens is 290 g/mol. The number of fused-ring (bicyclic) bond motifs is 1. The molecule has 2 rings (SSSR count). The summed E-state index contributed by atoms with van der Waals surface area (Å²) >= 11 is 0. The molecule has 6 nitrogen and oxygen atoms in total. The SMILES string of the molecule is CNC(CCOc1ncnc2ccccc12)CC(C)(NC)NC. The lowest BCUT2D eigenvalue weighted by Crippen LogP contribution is -2.54. The first-order valence-corrected chi connectivity index (χ1v) is 7.99. The Morgan fingerprint density at radius 3 is 2.57 bits per heavy atom. The van der Waals surface area contributed by atoms with Crippen LogP contribution in [0.3, 0.4) is 0 Å². The zero-order chi connectivity index (χ0) is 16.7. The van der Waals surface area contributed by atoms with Crippen molar-refractivity contribution in [2.24, 2.45) is 0 Å². The highest BCUT2D eigenvalue weighted by Gasteiger charge is 2.23. The first kappa shape index (κ1) is 17.6. The van der Waals surface area contributed by atoms with Gasteiger partial charge in [-0.05, 0) is 53.0 Å². The fourth-order valence-electron chi connectivity index (χ4n) is 2.56. The average molecular weight is 317 g/mol. The highest BCUT2D eigenvalue weighted by atomic mass is 16.5. The molecule has 3 N–H and O–H groups in total. The van der Waals surface area contributed by atoms with E-state index in [2.05, 4.69) is 32.8 Å². The Morgan fingerprint density at radius 2 is 1.87 bits per heavy atom. The molecule has 0 saturated carbocycles. The third kappa shape index (κ3) is 4.60. The second-order valence-corrected chi connectivity index (χ2v) is 5.85. The highest BCUT2D eigenvalue weighted by Crippen LogP contribution is 2.21. The average Bonchev–Trinajstić information content (AvgIpc) is 2.61. The van der Waals surface area contributed by atoms with Crippen LogP contribution >= 0.6 is 0 Å². The number of hydrogen-bond donors (Lipinski definition) is 3. The largest absolute Gasteiger partial charge is 0.477 e. The standard InChI is InChI=1S/C17H27N5O/c1-17(19-3,20-4)11-13(18-2)9-10-23-16-14-7-5-6-8-15(14)21-12-22-16/h5-8,12-13,18-20H,9-11H2,1-4H3. The van der Waals surface area contributed by atoms with E-state index in [0.29, 0.717) is 18.5 Å². The molecular formula is C17H27N5O. The molecule has 6 heteroatoms. The van der Waals surface area contributed by atoms with Gasteiger partial charge in [-0.25, -0.2) is 9.97 Å². The molecule has 0 aliphatic rings. The van der Waals surface area contributed by atoms with Gasteiger partial charge in [-0.1, -0.05) is 12.1 Å². The van der Waals surface area contributed by atoms with Crippen molar-refractivity contribution < 1.29 is 4.74 Å². The summed E-state index contributed by atoms with van der Waals surface area (Å²) in [5.74, 6) is 0.649. The molecule has 0 amide bonds. The fourth-order valence-corrected chi connectivity index (χ4v) is 2.56. The summed E-state index contributed by atoms with van der Waals surface area (Å²) in [6.45, 7) is 2.76. The van der Waals surface area contributed by atoms with Gasteiger partial charge in [-0.2, -0.15) is 0 Å². The van der Waals surface area contributed by atoms with E-state index in [-0.39, 0.29) is 5.66 Å². The molecule has 0 aliphatic carbocycles. The third-order valence-electron chi connectivity index (χ3n) is 4.38. The molecule has 126 valence electrons. The van der Waals surface area contributed by atoms with Crippen LogP contribution < -0.4 is 20.7 Å². The minimum atomic E-state index is -0.102. The number of nitrogens with zero attached hydrogens (tertiary/aromatic N) is 2. The smallest absolute Gasteiger partial charge is 0.224 e. The summed E-state index contributed by atoms with van der Waals surface area (Å²) in [6, 6.07) is 8.23. The van der Waals surface area contributed by atoms with Crippen LogP contribution in [0, 0.1) is 0 Å². The van der Waals surface area contributed by atoms with Gasteiger partial charge >= 0.3 is 0 Å². The molecule has 0 aliphatic heterocycles. The van der Waals surface area contributed by atoms with Crippen molar-refractivity contribution in [2.75, 3.05) is 27.7 Å². The Hall–Kier alpha value is -1.76. The van der Waals surface area contributed by atoms with Gasteiger partial charge in [0.25, 0.3) is 0 Å². The van der Waals surface area contributed by atoms with Gasteiger partial charge in [0.05, 0.1) is 23.2 Å². The zero-order valence-electron chi connectivity index (χ0n) is 14.4.